The SMILES string of the molecule is N=C(N)NC(C(=O)O)c1c[nH]nc1-c1cccnc1. The zero-order valence-electron chi connectivity index (χ0n) is 9.79. The Hall–Kier alpha value is -2.90. The van der Waals surface area contributed by atoms with E-state index < -0.39 is 18.0 Å². The minimum absolute atomic E-state index is 0.385. The molecule has 0 bridgehead atoms. The minimum atomic E-state index is -1.15. The summed E-state index contributed by atoms with van der Waals surface area (Å²) in [5.41, 5.74) is 6.71. The molecule has 0 saturated carbocycles. The van der Waals surface area contributed by atoms with Gasteiger partial charge < -0.3 is 16.2 Å². The van der Waals surface area contributed by atoms with E-state index in [0.29, 0.717) is 16.8 Å². The molecule has 2 rings (SSSR count). The second kappa shape index (κ2) is 5.17. The highest BCUT2D eigenvalue weighted by Gasteiger charge is 2.25. The Kier molecular flexibility index (Phi) is 3.42. The molecule has 0 aromatic carbocycles. The lowest BCUT2D eigenvalue weighted by atomic mass is 10.0. The summed E-state index contributed by atoms with van der Waals surface area (Å²) >= 11 is 0. The highest BCUT2D eigenvalue weighted by atomic mass is 16.4. The molecule has 2 aromatic heterocycles. The Balaban J connectivity index is 2.42. The van der Waals surface area contributed by atoms with E-state index in [1.807, 2.05) is 0 Å². The van der Waals surface area contributed by atoms with Crippen LogP contribution >= 0.6 is 0 Å². The number of guanidine groups is 1. The van der Waals surface area contributed by atoms with Crippen LogP contribution in [-0.4, -0.2) is 32.2 Å². The minimum Gasteiger partial charge on any atom is -0.479 e. The molecule has 19 heavy (non-hydrogen) atoms. The quantitative estimate of drug-likeness (QED) is 0.389. The number of rotatable bonds is 4. The van der Waals surface area contributed by atoms with Gasteiger partial charge in [0.15, 0.2) is 12.0 Å². The van der Waals surface area contributed by atoms with Crippen LogP contribution in [0, 0.1) is 5.41 Å². The third kappa shape index (κ3) is 2.68. The molecule has 2 aromatic rings. The first-order valence-electron chi connectivity index (χ1n) is 5.37. The lowest BCUT2D eigenvalue weighted by Gasteiger charge is -2.14. The maximum absolute atomic E-state index is 11.2. The number of pyridine rings is 1. The van der Waals surface area contributed by atoms with Gasteiger partial charge in [-0.1, -0.05) is 0 Å². The third-order valence-electron chi connectivity index (χ3n) is 2.46. The molecule has 0 amide bonds. The number of carboxylic acids is 1. The predicted octanol–water partition coefficient (Wildman–Crippen LogP) is 0.0805. The van der Waals surface area contributed by atoms with Gasteiger partial charge in [0, 0.05) is 29.7 Å². The Labute approximate surface area is 108 Å². The summed E-state index contributed by atoms with van der Waals surface area (Å²) in [6.07, 6.45) is 4.64. The number of nitrogens with two attached hydrogens (primary N) is 1. The number of carboxylic acid groups (broad SMARTS) is 1. The molecule has 1 unspecified atom stereocenters. The first-order chi connectivity index (χ1) is 9.09. The normalized spacial score (nSPS) is 11.8. The first kappa shape index (κ1) is 12.6. The summed E-state index contributed by atoms with van der Waals surface area (Å²) in [6.45, 7) is 0. The van der Waals surface area contributed by atoms with Crippen LogP contribution in [0.4, 0.5) is 0 Å². The molecule has 1 atom stereocenters. The van der Waals surface area contributed by atoms with Gasteiger partial charge in [0.1, 0.15) is 0 Å². The number of aromatic amines is 1. The number of nitrogens with one attached hydrogen (secondary N) is 3. The van der Waals surface area contributed by atoms with Crippen LogP contribution < -0.4 is 11.1 Å². The highest BCUT2D eigenvalue weighted by Crippen LogP contribution is 2.25. The molecule has 8 heteroatoms. The van der Waals surface area contributed by atoms with E-state index >= 15 is 0 Å². The molecule has 98 valence electrons. The van der Waals surface area contributed by atoms with Crippen molar-refractivity contribution < 1.29 is 9.90 Å². The van der Waals surface area contributed by atoms with Gasteiger partial charge in [-0.3, -0.25) is 15.5 Å². The average molecular weight is 260 g/mol. The van der Waals surface area contributed by atoms with Crippen molar-refractivity contribution in [2.75, 3.05) is 0 Å². The fourth-order valence-electron chi connectivity index (χ4n) is 1.68. The van der Waals surface area contributed by atoms with E-state index in [1.54, 1.807) is 24.5 Å². The zero-order valence-corrected chi connectivity index (χ0v) is 9.79. The van der Waals surface area contributed by atoms with Crippen molar-refractivity contribution in [2.45, 2.75) is 6.04 Å². The van der Waals surface area contributed by atoms with Crippen LogP contribution in [-0.2, 0) is 4.79 Å². The molecule has 0 radical (unpaired) electrons. The van der Waals surface area contributed by atoms with Gasteiger partial charge in [0.25, 0.3) is 0 Å². The van der Waals surface area contributed by atoms with Gasteiger partial charge >= 0.3 is 5.97 Å². The number of hydrogen-bond acceptors (Lipinski definition) is 4. The molecule has 0 spiro atoms. The van der Waals surface area contributed by atoms with Gasteiger partial charge in [-0.15, -0.1) is 0 Å². The van der Waals surface area contributed by atoms with E-state index in [1.165, 1.54) is 6.20 Å². The number of hydrogen-bond donors (Lipinski definition) is 5. The summed E-state index contributed by atoms with van der Waals surface area (Å²) < 4.78 is 0. The van der Waals surface area contributed by atoms with Gasteiger partial charge in [-0.05, 0) is 12.1 Å². The molecular weight excluding hydrogens is 248 g/mol. The molecule has 0 aliphatic rings. The van der Waals surface area contributed by atoms with E-state index in [-0.39, 0.29) is 0 Å². The summed E-state index contributed by atoms with van der Waals surface area (Å²) in [7, 11) is 0. The Morgan fingerprint density at radius 1 is 1.58 bits per heavy atom. The molecule has 2 heterocycles. The maximum atomic E-state index is 11.2. The lowest BCUT2D eigenvalue weighted by molar-refractivity contribution is -0.139. The van der Waals surface area contributed by atoms with Crippen LogP contribution in [0.5, 0.6) is 0 Å². The highest BCUT2D eigenvalue weighted by molar-refractivity contribution is 5.85. The topological polar surface area (TPSA) is 141 Å². The van der Waals surface area contributed by atoms with Crippen molar-refractivity contribution in [2.24, 2.45) is 5.73 Å². The van der Waals surface area contributed by atoms with Crippen molar-refractivity contribution in [3.63, 3.8) is 0 Å². The summed E-state index contributed by atoms with van der Waals surface area (Å²) in [5.74, 6) is -1.58. The number of aliphatic carboxylic acids is 1. The standard InChI is InChI=1S/C11H12N6O2/c12-11(13)16-9(10(18)19)7-5-15-17-8(7)6-2-1-3-14-4-6/h1-5,9H,(H,15,17)(H,18,19)(H4,12,13,16). The van der Waals surface area contributed by atoms with E-state index in [9.17, 15) is 9.90 Å². The van der Waals surface area contributed by atoms with Gasteiger partial charge in [0.2, 0.25) is 0 Å². The lowest BCUT2D eigenvalue weighted by Crippen LogP contribution is -2.38. The molecule has 6 N–H and O–H groups in total. The van der Waals surface area contributed by atoms with Crippen molar-refractivity contribution in [1.82, 2.24) is 20.5 Å². The third-order valence-corrected chi connectivity index (χ3v) is 2.46. The number of H-pyrrole nitrogens is 1. The van der Waals surface area contributed by atoms with E-state index in [2.05, 4.69) is 20.5 Å². The van der Waals surface area contributed by atoms with E-state index in [0.717, 1.165) is 0 Å². The monoisotopic (exact) mass is 260 g/mol. The second-order valence-electron chi connectivity index (χ2n) is 3.76. The molecule has 0 aliphatic carbocycles. The number of carbonyl (C=O) groups is 1. The molecule has 8 nitrogen and oxygen atoms in total. The van der Waals surface area contributed by atoms with Crippen LogP contribution in [0.1, 0.15) is 11.6 Å². The van der Waals surface area contributed by atoms with Gasteiger partial charge in [-0.2, -0.15) is 5.10 Å². The Bertz CT molecular complexity index is 594. The average Bonchev–Trinajstić information content (AvgIpc) is 2.85. The summed E-state index contributed by atoms with van der Waals surface area (Å²) in [4.78, 5) is 15.2. The molecule has 0 aliphatic heterocycles. The van der Waals surface area contributed by atoms with Gasteiger partial charge in [0.05, 0.1) is 5.69 Å². The molecular formula is C11H12N6O2. The first-order valence-corrected chi connectivity index (χ1v) is 5.37. The van der Waals surface area contributed by atoms with Crippen molar-refractivity contribution in [3.05, 3.63) is 36.3 Å². The molecule has 0 fully saturated rings. The van der Waals surface area contributed by atoms with Crippen molar-refractivity contribution in [1.29, 1.82) is 5.41 Å². The summed E-state index contributed by atoms with van der Waals surface area (Å²) in [6, 6.07) is 2.34. The van der Waals surface area contributed by atoms with Crippen molar-refractivity contribution in [3.8, 4) is 11.3 Å². The largest absolute Gasteiger partial charge is 0.479 e. The molecule has 0 saturated heterocycles. The van der Waals surface area contributed by atoms with E-state index in [4.69, 9.17) is 11.1 Å². The number of nitrogens with zero attached hydrogens (tertiary/aromatic N) is 2. The van der Waals surface area contributed by atoms with Crippen LogP contribution in [0.15, 0.2) is 30.7 Å². The van der Waals surface area contributed by atoms with Crippen LogP contribution in [0.2, 0.25) is 0 Å². The Morgan fingerprint density at radius 2 is 2.37 bits per heavy atom. The summed E-state index contributed by atoms with van der Waals surface area (Å²) in [5, 5.41) is 25.4. The maximum Gasteiger partial charge on any atom is 0.331 e. The fourth-order valence-corrected chi connectivity index (χ4v) is 1.68. The van der Waals surface area contributed by atoms with Gasteiger partial charge in [-0.25, -0.2) is 4.79 Å². The fraction of sp³-hybridized carbons (Fsp3) is 0.0909. The van der Waals surface area contributed by atoms with Crippen LogP contribution in [0.3, 0.4) is 0 Å². The van der Waals surface area contributed by atoms with Crippen LogP contribution in [0.25, 0.3) is 11.3 Å². The Morgan fingerprint density at radius 3 is 2.95 bits per heavy atom. The smallest absolute Gasteiger partial charge is 0.331 e. The van der Waals surface area contributed by atoms with Crippen molar-refractivity contribution >= 4 is 11.9 Å². The zero-order chi connectivity index (χ0) is 13.8. The number of aromatic nitrogens is 3. The predicted molar refractivity (Wildman–Crippen MR) is 67.2 cm³/mol. The second-order valence-corrected chi connectivity index (χ2v) is 3.76.